The lowest BCUT2D eigenvalue weighted by Gasteiger charge is -2.21. The van der Waals surface area contributed by atoms with Crippen LogP contribution in [0, 0.1) is 0 Å². The molecule has 2 heterocycles. The second-order valence-electron chi connectivity index (χ2n) is 5.21. The summed E-state index contributed by atoms with van der Waals surface area (Å²) < 4.78 is 0. The van der Waals surface area contributed by atoms with Gasteiger partial charge in [0.1, 0.15) is 0 Å². The molecule has 0 bridgehead atoms. The number of fused-ring (bicyclic) bond motifs is 1. The smallest absolute Gasteiger partial charge is 0.241 e. The number of anilines is 1. The fraction of sp³-hybridized carbons (Fsp3) is 0.500. The second kappa shape index (κ2) is 5.90. The van der Waals surface area contributed by atoms with Crippen molar-refractivity contribution in [3.63, 3.8) is 0 Å². The molecular weight excluding hydrogens is 262 g/mol. The van der Waals surface area contributed by atoms with Crippen LogP contribution in [0.5, 0.6) is 0 Å². The Kier molecular flexibility index (Phi) is 4.45. The van der Waals surface area contributed by atoms with Gasteiger partial charge in [-0.05, 0) is 24.5 Å². The topological polar surface area (TPSA) is 49.6 Å². The van der Waals surface area contributed by atoms with Gasteiger partial charge in [-0.2, -0.15) is 0 Å². The van der Waals surface area contributed by atoms with E-state index in [0.29, 0.717) is 6.54 Å². The average Bonchev–Trinajstić information content (AvgIpc) is 2.95. The van der Waals surface area contributed by atoms with E-state index in [9.17, 15) is 4.79 Å². The van der Waals surface area contributed by atoms with E-state index in [4.69, 9.17) is 5.73 Å². The molecule has 104 valence electrons. The second-order valence-corrected chi connectivity index (χ2v) is 5.21. The minimum absolute atomic E-state index is 0. The van der Waals surface area contributed by atoms with Crippen LogP contribution in [0.3, 0.4) is 0 Å². The van der Waals surface area contributed by atoms with E-state index in [1.807, 2.05) is 23.1 Å². The number of amides is 1. The van der Waals surface area contributed by atoms with Crippen molar-refractivity contribution in [3.8, 4) is 0 Å². The normalized spacial score (nSPS) is 22.2. The molecule has 2 N–H and O–H groups in total. The predicted octanol–water partition coefficient (Wildman–Crippen LogP) is 1.03. The molecular formula is C14H20ClN3O. The highest BCUT2D eigenvalue weighted by Gasteiger charge is 2.27. The summed E-state index contributed by atoms with van der Waals surface area (Å²) in [5.74, 6) is 0.203. The third kappa shape index (κ3) is 2.91. The fourth-order valence-corrected chi connectivity index (χ4v) is 2.88. The van der Waals surface area contributed by atoms with E-state index in [1.54, 1.807) is 0 Å². The van der Waals surface area contributed by atoms with Gasteiger partial charge in [0.2, 0.25) is 5.91 Å². The highest BCUT2D eigenvalue weighted by Crippen LogP contribution is 2.27. The molecule has 0 aromatic heterocycles. The predicted molar refractivity (Wildman–Crippen MR) is 78.8 cm³/mol. The third-order valence-electron chi connectivity index (χ3n) is 3.86. The van der Waals surface area contributed by atoms with Crippen LogP contribution in [0.4, 0.5) is 5.69 Å². The molecule has 0 aliphatic carbocycles. The molecule has 0 radical (unpaired) electrons. The zero-order chi connectivity index (χ0) is 12.5. The van der Waals surface area contributed by atoms with Gasteiger partial charge in [0.15, 0.2) is 0 Å². The maximum absolute atomic E-state index is 12.3. The van der Waals surface area contributed by atoms with Crippen LogP contribution < -0.4 is 10.6 Å². The number of benzene rings is 1. The highest BCUT2D eigenvalue weighted by atomic mass is 35.5. The van der Waals surface area contributed by atoms with Gasteiger partial charge in [0.05, 0.1) is 6.54 Å². The van der Waals surface area contributed by atoms with Crippen molar-refractivity contribution < 1.29 is 4.79 Å². The average molecular weight is 282 g/mol. The summed E-state index contributed by atoms with van der Waals surface area (Å²) in [5, 5.41) is 0. The van der Waals surface area contributed by atoms with Crippen LogP contribution in [0.15, 0.2) is 24.3 Å². The number of hydrogen-bond donors (Lipinski definition) is 1. The number of para-hydroxylation sites is 1. The number of likely N-dealkylation sites (tertiary alicyclic amines) is 1. The van der Waals surface area contributed by atoms with Crippen LogP contribution in [-0.4, -0.2) is 43.0 Å². The lowest BCUT2D eigenvalue weighted by atomic mass is 10.2. The van der Waals surface area contributed by atoms with Gasteiger partial charge < -0.3 is 10.6 Å². The first-order chi connectivity index (χ1) is 8.74. The summed E-state index contributed by atoms with van der Waals surface area (Å²) >= 11 is 0. The van der Waals surface area contributed by atoms with Crippen molar-refractivity contribution in [2.24, 2.45) is 5.73 Å². The first-order valence-corrected chi connectivity index (χ1v) is 6.60. The van der Waals surface area contributed by atoms with Gasteiger partial charge in [-0.15, -0.1) is 12.4 Å². The first kappa shape index (κ1) is 14.3. The molecule has 3 rings (SSSR count). The summed E-state index contributed by atoms with van der Waals surface area (Å²) in [6.45, 7) is 3.11. The molecule has 1 aromatic carbocycles. The van der Waals surface area contributed by atoms with Gasteiger partial charge in [-0.1, -0.05) is 18.2 Å². The molecule has 2 aliphatic rings. The molecule has 1 saturated heterocycles. The van der Waals surface area contributed by atoms with Crippen LogP contribution in [-0.2, 0) is 11.2 Å². The van der Waals surface area contributed by atoms with Crippen molar-refractivity contribution in [3.05, 3.63) is 29.8 Å². The standard InChI is InChI=1S/C14H19N3O.ClH/c15-12-6-7-16(9-12)10-14(18)17-8-5-11-3-1-2-4-13(11)17;/h1-4,12H,5-10,15H2;1H/t12-;/m0./s1. The largest absolute Gasteiger partial charge is 0.326 e. The molecule has 0 spiro atoms. The van der Waals surface area contributed by atoms with Gasteiger partial charge in [-0.25, -0.2) is 0 Å². The van der Waals surface area contributed by atoms with Gasteiger partial charge >= 0.3 is 0 Å². The van der Waals surface area contributed by atoms with E-state index in [1.165, 1.54) is 5.56 Å². The maximum Gasteiger partial charge on any atom is 0.241 e. The summed E-state index contributed by atoms with van der Waals surface area (Å²) in [6, 6.07) is 8.41. The maximum atomic E-state index is 12.3. The van der Waals surface area contributed by atoms with Crippen LogP contribution in [0.25, 0.3) is 0 Å². The summed E-state index contributed by atoms with van der Waals surface area (Å²) in [6.07, 6.45) is 1.98. The number of rotatable bonds is 2. The van der Waals surface area contributed by atoms with Crippen molar-refractivity contribution >= 4 is 24.0 Å². The molecule has 0 saturated carbocycles. The fourth-order valence-electron chi connectivity index (χ4n) is 2.88. The molecule has 2 aliphatic heterocycles. The Morgan fingerprint density at radius 3 is 2.84 bits per heavy atom. The molecule has 1 fully saturated rings. The van der Waals surface area contributed by atoms with Gasteiger partial charge in [0, 0.05) is 31.4 Å². The number of carbonyl (C=O) groups is 1. The Balaban J connectivity index is 0.00000133. The monoisotopic (exact) mass is 281 g/mol. The van der Waals surface area contributed by atoms with Crippen molar-refractivity contribution in [2.75, 3.05) is 31.1 Å². The molecule has 0 unspecified atom stereocenters. The molecule has 1 amide bonds. The lowest BCUT2D eigenvalue weighted by Crippen LogP contribution is -2.39. The zero-order valence-electron chi connectivity index (χ0n) is 10.9. The Morgan fingerprint density at radius 1 is 1.32 bits per heavy atom. The zero-order valence-corrected chi connectivity index (χ0v) is 11.7. The van der Waals surface area contributed by atoms with E-state index in [0.717, 1.165) is 38.2 Å². The van der Waals surface area contributed by atoms with E-state index in [-0.39, 0.29) is 24.4 Å². The van der Waals surface area contributed by atoms with Crippen molar-refractivity contribution in [1.29, 1.82) is 0 Å². The third-order valence-corrected chi connectivity index (χ3v) is 3.86. The van der Waals surface area contributed by atoms with Gasteiger partial charge in [0.25, 0.3) is 0 Å². The molecule has 1 atom stereocenters. The number of nitrogens with zero attached hydrogens (tertiary/aromatic N) is 2. The van der Waals surface area contributed by atoms with Crippen LogP contribution in [0.2, 0.25) is 0 Å². The van der Waals surface area contributed by atoms with E-state index in [2.05, 4.69) is 11.0 Å². The van der Waals surface area contributed by atoms with E-state index < -0.39 is 0 Å². The summed E-state index contributed by atoms with van der Waals surface area (Å²) in [7, 11) is 0. The summed E-state index contributed by atoms with van der Waals surface area (Å²) in [5.41, 5.74) is 8.23. The minimum atomic E-state index is 0. The van der Waals surface area contributed by atoms with Crippen LogP contribution in [0.1, 0.15) is 12.0 Å². The Labute approximate surface area is 120 Å². The van der Waals surface area contributed by atoms with E-state index >= 15 is 0 Å². The Bertz CT molecular complexity index is 466. The lowest BCUT2D eigenvalue weighted by molar-refractivity contribution is -0.119. The van der Waals surface area contributed by atoms with Crippen LogP contribution >= 0.6 is 12.4 Å². The summed E-state index contributed by atoms with van der Waals surface area (Å²) in [4.78, 5) is 16.4. The number of carbonyl (C=O) groups excluding carboxylic acids is 1. The Morgan fingerprint density at radius 2 is 2.11 bits per heavy atom. The number of halogens is 1. The molecule has 5 heteroatoms. The minimum Gasteiger partial charge on any atom is -0.326 e. The number of nitrogens with two attached hydrogens (primary N) is 1. The number of hydrogen-bond acceptors (Lipinski definition) is 3. The SMILES string of the molecule is Cl.N[C@H]1CCN(CC(=O)N2CCc3ccccc32)C1. The first-order valence-electron chi connectivity index (χ1n) is 6.60. The van der Waals surface area contributed by atoms with Crippen molar-refractivity contribution in [2.45, 2.75) is 18.9 Å². The van der Waals surface area contributed by atoms with Gasteiger partial charge in [-0.3, -0.25) is 9.69 Å². The quantitative estimate of drug-likeness (QED) is 0.881. The highest BCUT2D eigenvalue weighted by molar-refractivity contribution is 5.96. The molecule has 1 aromatic rings. The molecule has 19 heavy (non-hydrogen) atoms. The van der Waals surface area contributed by atoms with Crippen molar-refractivity contribution in [1.82, 2.24) is 4.90 Å². The Hall–Kier alpha value is -1.10. The molecule has 4 nitrogen and oxygen atoms in total.